The molecule has 230 valence electrons. The van der Waals surface area contributed by atoms with Crippen molar-refractivity contribution in [1.82, 2.24) is 5.32 Å². The van der Waals surface area contributed by atoms with Gasteiger partial charge in [-0.1, -0.05) is 48.0 Å². The summed E-state index contributed by atoms with van der Waals surface area (Å²) in [6, 6.07) is 15.1. The van der Waals surface area contributed by atoms with Gasteiger partial charge in [-0.3, -0.25) is 17.7 Å². The Labute approximate surface area is 240 Å². The molecule has 2 aromatic carbocycles. The molecule has 0 fully saturated rings. The van der Waals surface area contributed by atoms with Gasteiger partial charge in [0.15, 0.2) is 0 Å². The fourth-order valence-corrected chi connectivity index (χ4v) is 4.17. The minimum Gasteiger partial charge on any atom is -0.447 e. The van der Waals surface area contributed by atoms with E-state index in [4.69, 9.17) is 15.0 Å². The molecule has 0 spiro atoms. The number of nitrogens with one attached hydrogen (secondary N) is 1. The maximum absolute atomic E-state index is 11.2. The number of hydrogen-bond acceptors (Lipinski definition) is 12. The number of amidine groups is 1. The van der Waals surface area contributed by atoms with Gasteiger partial charge < -0.3 is 15.8 Å². The molecule has 2 aromatic rings. The van der Waals surface area contributed by atoms with Gasteiger partial charge >= 0.3 is 0 Å². The summed E-state index contributed by atoms with van der Waals surface area (Å²) in [7, 11) is -10.7. The molecule has 1 aliphatic rings. The zero-order valence-corrected chi connectivity index (χ0v) is 25.2. The molecule has 0 saturated heterocycles. The van der Waals surface area contributed by atoms with Gasteiger partial charge in [-0.2, -0.15) is 30.2 Å². The van der Waals surface area contributed by atoms with E-state index in [9.17, 15) is 30.0 Å². The molecule has 0 aromatic heterocycles. The Balaban J connectivity index is 0.000000314. The van der Waals surface area contributed by atoms with Crippen LogP contribution in [0, 0.1) is 6.92 Å². The summed E-state index contributed by atoms with van der Waals surface area (Å²) in [5.74, 6) is -0.344. The predicted molar refractivity (Wildman–Crippen MR) is 152 cm³/mol. The maximum atomic E-state index is 11.2. The average Bonchev–Trinajstić information content (AvgIpc) is 3.20. The van der Waals surface area contributed by atoms with E-state index in [1.54, 1.807) is 24.3 Å². The third kappa shape index (κ3) is 17.5. The number of aryl methyl sites for hydroxylation is 1. The summed E-state index contributed by atoms with van der Waals surface area (Å²) in [4.78, 5) is 14.6. The second kappa shape index (κ2) is 17.1. The van der Waals surface area contributed by atoms with Crippen molar-refractivity contribution in [1.29, 1.82) is 0 Å². The third-order valence-electron chi connectivity index (χ3n) is 4.70. The highest BCUT2D eigenvalue weighted by atomic mass is 32.2. The number of nitrogens with zero attached hydrogens (tertiary/aromatic N) is 1. The summed E-state index contributed by atoms with van der Waals surface area (Å²) in [6.45, 7) is 3.34. The molecule has 41 heavy (non-hydrogen) atoms. The lowest BCUT2D eigenvalue weighted by molar-refractivity contribution is -0.122. The second-order valence-corrected chi connectivity index (χ2v) is 13.2. The first-order valence-electron chi connectivity index (χ1n) is 12.0. The van der Waals surface area contributed by atoms with E-state index in [1.807, 2.05) is 25.1 Å². The van der Waals surface area contributed by atoms with Crippen molar-refractivity contribution in [2.45, 2.75) is 30.8 Å². The zero-order valence-electron chi connectivity index (χ0n) is 22.8. The molecule has 1 unspecified atom stereocenters. The molecular formula is C24H35N3O11S3. The van der Waals surface area contributed by atoms with Crippen LogP contribution in [0.15, 0.2) is 64.5 Å². The lowest BCUT2D eigenvalue weighted by atomic mass is 10.1. The van der Waals surface area contributed by atoms with E-state index in [2.05, 4.69) is 18.7 Å². The van der Waals surface area contributed by atoms with Crippen LogP contribution >= 0.6 is 0 Å². The highest BCUT2D eigenvalue weighted by molar-refractivity contribution is 7.86. The predicted octanol–water partition coefficient (Wildman–Crippen LogP) is 1.15. The number of aliphatic imine (C=N–C) groups is 1. The monoisotopic (exact) mass is 637 g/mol. The van der Waals surface area contributed by atoms with Crippen LogP contribution in [0.2, 0.25) is 0 Å². The van der Waals surface area contributed by atoms with Crippen molar-refractivity contribution in [3.05, 3.63) is 65.7 Å². The molecule has 0 bridgehead atoms. The molecule has 1 heterocycles. The fraction of sp³-hybridized carbons (Fsp3) is 0.417. The van der Waals surface area contributed by atoms with Crippen LogP contribution in [0.25, 0.3) is 0 Å². The Hall–Kier alpha value is -2.93. The number of benzene rings is 2. The van der Waals surface area contributed by atoms with E-state index in [-0.39, 0.29) is 30.0 Å². The van der Waals surface area contributed by atoms with Crippen molar-refractivity contribution in [3.63, 3.8) is 0 Å². The normalized spacial score (nSPS) is 15.1. The third-order valence-corrected chi connectivity index (χ3v) is 6.75. The first kappa shape index (κ1) is 36.1. The van der Waals surface area contributed by atoms with Crippen LogP contribution < -0.4 is 11.1 Å². The van der Waals surface area contributed by atoms with E-state index in [0.717, 1.165) is 23.6 Å². The minimum absolute atomic E-state index is 0.0566. The van der Waals surface area contributed by atoms with Crippen LogP contribution in [0.3, 0.4) is 0 Å². The number of hydrogen-bond donors (Lipinski definition) is 3. The van der Waals surface area contributed by atoms with Crippen LogP contribution in [-0.2, 0) is 48.3 Å². The Morgan fingerprint density at radius 3 is 1.76 bits per heavy atom. The minimum atomic E-state index is -4.02. The van der Waals surface area contributed by atoms with Gasteiger partial charge in [-0.25, -0.2) is 0 Å². The van der Waals surface area contributed by atoms with Crippen LogP contribution in [-0.4, -0.2) is 80.5 Å². The number of amides is 1. The smallest absolute Gasteiger partial charge is 0.296 e. The summed E-state index contributed by atoms with van der Waals surface area (Å²) in [6.07, 6.45) is 2.49. The SMILES string of the molecule is CS(=O)(=O)OCCCNCCCOS(C)(=O)=O.Cc1ccc(S(=O)(=O)O)cc1.NC1=NC(=O)C(c2ccccc2)O1. The average molecular weight is 638 g/mol. The molecule has 1 aliphatic heterocycles. The fourth-order valence-electron chi connectivity index (χ4n) is 2.85. The summed E-state index contributed by atoms with van der Waals surface area (Å²) >= 11 is 0. The highest BCUT2D eigenvalue weighted by Gasteiger charge is 2.28. The molecular weight excluding hydrogens is 602 g/mol. The molecule has 0 saturated carbocycles. The molecule has 1 atom stereocenters. The van der Waals surface area contributed by atoms with E-state index in [0.29, 0.717) is 25.9 Å². The quantitative estimate of drug-likeness (QED) is 0.169. The lowest BCUT2D eigenvalue weighted by Crippen LogP contribution is -2.20. The van der Waals surface area contributed by atoms with E-state index >= 15 is 0 Å². The van der Waals surface area contributed by atoms with Gasteiger partial charge in [0.25, 0.3) is 42.3 Å². The lowest BCUT2D eigenvalue weighted by Gasteiger charge is -2.07. The maximum Gasteiger partial charge on any atom is 0.296 e. The number of nitrogens with two attached hydrogens (primary N) is 1. The molecule has 4 N–H and O–H groups in total. The number of carbonyl (C=O) groups is 1. The van der Waals surface area contributed by atoms with Crippen molar-refractivity contribution in [3.8, 4) is 0 Å². The van der Waals surface area contributed by atoms with E-state index in [1.165, 1.54) is 12.1 Å². The molecule has 3 rings (SSSR count). The van der Waals surface area contributed by atoms with Crippen LogP contribution in [0.5, 0.6) is 0 Å². The zero-order chi connectivity index (χ0) is 31.1. The number of rotatable bonds is 12. The highest BCUT2D eigenvalue weighted by Crippen LogP contribution is 2.22. The topological polar surface area (TPSA) is 218 Å². The molecule has 14 nitrogen and oxygen atoms in total. The van der Waals surface area contributed by atoms with E-state index < -0.39 is 36.5 Å². The van der Waals surface area contributed by atoms with Crippen LogP contribution in [0.1, 0.15) is 30.1 Å². The Morgan fingerprint density at radius 1 is 0.878 bits per heavy atom. The largest absolute Gasteiger partial charge is 0.447 e. The molecule has 1 amide bonds. The van der Waals surface area contributed by atoms with Gasteiger partial charge in [-0.15, -0.1) is 0 Å². The van der Waals surface area contributed by atoms with Crippen molar-refractivity contribution in [2.24, 2.45) is 10.7 Å². The van der Waals surface area contributed by atoms with Gasteiger partial charge in [0.05, 0.1) is 30.6 Å². The Bertz CT molecular complexity index is 1410. The van der Waals surface area contributed by atoms with Gasteiger partial charge in [0.1, 0.15) is 0 Å². The molecule has 17 heteroatoms. The summed E-state index contributed by atoms with van der Waals surface area (Å²) in [5.41, 5.74) is 6.99. The number of carbonyl (C=O) groups excluding carboxylic acids is 1. The first-order valence-corrected chi connectivity index (χ1v) is 17.1. The second-order valence-electron chi connectivity index (χ2n) is 8.49. The van der Waals surface area contributed by atoms with Crippen LogP contribution in [0.4, 0.5) is 0 Å². The van der Waals surface area contributed by atoms with Gasteiger partial charge in [0, 0.05) is 5.56 Å². The van der Waals surface area contributed by atoms with Crippen molar-refractivity contribution in [2.75, 3.05) is 38.8 Å². The Morgan fingerprint density at radius 2 is 1.37 bits per heavy atom. The Kier molecular flexibility index (Phi) is 15.1. The van der Waals surface area contributed by atoms with Crippen molar-refractivity contribution < 1.29 is 47.7 Å². The summed E-state index contributed by atoms with van der Waals surface area (Å²) in [5, 5.41) is 3.01. The summed E-state index contributed by atoms with van der Waals surface area (Å²) < 4.78 is 86.0. The molecule has 0 aliphatic carbocycles. The standard InChI is InChI=1S/C9H8N2O2.C8H19NO6S2.C7H8O3S/c10-9-11-8(12)7(13-9)6-4-2-1-3-5-6;1-16(10,11)14-7-3-5-9-6-4-8-15-17(2,12)13;1-6-2-4-7(5-3-6)11(8,9)10/h1-5,7H,(H2,10,11,12);9H,3-8H2,1-2H3;2-5H,1H3,(H,8,9,10). The van der Waals surface area contributed by atoms with Crippen molar-refractivity contribution >= 4 is 42.3 Å². The van der Waals surface area contributed by atoms with Gasteiger partial charge in [-0.05, 0) is 45.0 Å². The van der Waals surface area contributed by atoms with Gasteiger partial charge in [0.2, 0.25) is 6.10 Å². The number of ether oxygens (including phenoxy) is 1. The first-order chi connectivity index (χ1) is 19.0. The molecule has 0 radical (unpaired) electrons.